The monoisotopic (exact) mass is 312 g/mol. The molecule has 1 atom stereocenters. The predicted molar refractivity (Wildman–Crippen MR) is 86.5 cm³/mol. The normalized spacial score (nSPS) is 15.4. The molecule has 120 valence electrons. The van der Waals surface area contributed by atoms with Crippen LogP contribution < -0.4 is 10.9 Å². The van der Waals surface area contributed by atoms with E-state index in [-0.39, 0.29) is 29.3 Å². The van der Waals surface area contributed by atoms with Crippen LogP contribution in [0.2, 0.25) is 0 Å². The highest BCUT2D eigenvalue weighted by Crippen LogP contribution is 2.31. The standard InChI is InChI=1S/C17H20N4O2/c1-10(2)15(21-17(23)11-5-6-11)13-8-14(22)20-16(19-13)12-4-3-7-18-9-12/h3-4,7-11,15H,5-6H2,1-2H3,(H,21,23)(H,19,20,22)/t15-/m1/s1. The summed E-state index contributed by atoms with van der Waals surface area (Å²) in [5.41, 5.74) is 1.08. The van der Waals surface area contributed by atoms with E-state index in [2.05, 4.69) is 20.3 Å². The van der Waals surface area contributed by atoms with Crippen LogP contribution in [0.15, 0.2) is 35.4 Å². The Morgan fingerprint density at radius 2 is 2.17 bits per heavy atom. The number of amides is 1. The average Bonchev–Trinajstić information content (AvgIpc) is 3.37. The highest BCUT2D eigenvalue weighted by Gasteiger charge is 2.32. The summed E-state index contributed by atoms with van der Waals surface area (Å²) in [7, 11) is 0. The molecular weight excluding hydrogens is 292 g/mol. The first kappa shape index (κ1) is 15.4. The molecule has 0 radical (unpaired) electrons. The maximum atomic E-state index is 12.1. The van der Waals surface area contributed by atoms with Gasteiger partial charge in [0.15, 0.2) is 0 Å². The number of hydrogen-bond acceptors (Lipinski definition) is 4. The molecule has 0 unspecified atom stereocenters. The largest absolute Gasteiger partial charge is 0.347 e. The Morgan fingerprint density at radius 3 is 2.78 bits per heavy atom. The summed E-state index contributed by atoms with van der Waals surface area (Å²) in [5, 5.41) is 3.03. The maximum absolute atomic E-state index is 12.1. The van der Waals surface area contributed by atoms with Gasteiger partial charge in [-0.15, -0.1) is 0 Å². The molecule has 2 aromatic heterocycles. The van der Waals surface area contributed by atoms with Crippen molar-refractivity contribution in [1.82, 2.24) is 20.3 Å². The van der Waals surface area contributed by atoms with Gasteiger partial charge in [-0.1, -0.05) is 13.8 Å². The van der Waals surface area contributed by atoms with Crippen LogP contribution in [0.25, 0.3) is 11.4 Å². The number of nitrogens with one attached hydrogen (secondary N) is 2. The fourth-order valence-electron chi connectivity index (χ4n) is 2.47. The first-order valence-electron chi connectivity index (χ1n) is 7.86. The lowest BCUT2D eigenvalue weighted by Crippen LogP contribution is -2.34. The molecule has 2 heterocycles. The lowest BCUT2D eigenvalue weighted by atomic mass is 10.00. The third-order valence-electron chi connectivity index (χ3n) is 3.93. The fourth-order valence-corrected chi connectivity index (χ4v) is 2.47. The third kappa shape index (κ3) is 3.64. The molecule has 1 aliphatic carbocycles. The molecule has 1 saturated carbocycles. The summed E-state index contributed by atoms with van der Waals surface area (Å²) in [6.07, 6.45) is 5.20. The van der Waals surface area contributed by atoms with Crippen LogP contribution in [-0.2, 0) is 4.79 Å². The van der Waals surface area contributed by atoms with Crippen molar-refractivity contribution in [2.75, 3.05) is 0 Å². The second kappa shape index (κ2) is 6.32. The van der Waals surface area contributed by atoms with Crippen molar-refractivity contribution in [3.8, 4) is 11.4 Å². The van der Waals surface area contributed by atoms with Crippen LogP contribution in [0.4, 0.5) is 0 Å². The number of rotatable bonds is 5. The van der Waals surface area contributed by atoms with Crippen molar-refractivity contribution < 1.29 is 4.79 Å². The van der Waals surface area contributed by atoms with Crippen molar-refractivity contribution in [2.45, 2.75) is 32.7 Å². The molecule has 2 N–H and O–H groups in total. The molecule has 1 amide bonds. The van der Waals surface area contributed by atoms with Crippen LogP contribution in [0.3, 0.4) is 0 Å². The second-order valence-corrected chi connectivity index (χ2v) is 6.27. The average molecular weight is 312 g/mol. The van der Waals surface area contributed by atoms with Crippen LogP contribution in [0, 0.1) is 11.8 Å². The van der Waals surface area contributed by atoms with Gasteiger partial charge in [0, 0.05) is 29.9 Å². The number of pyridine rings is 1. The SMILES string of the molecule is CC(C)[C@@H](NC(=O)C1CC1)c1cc(=O)[nH]c(-c2cccnc2)n1. The number of carbonyl (C=O) groups is 1. The first-order valence-corrected chi connectivity index (χ1v) is 7.86. The van der Waals surface area contributed by atoms with E-state index in [0.717, 1.165) is 18.4 Å². The van der Waals surface area contributed by atoms with Crippen molar-refractivity contribution in [1.29, 1.82) is 0 Å². The molecule has 6 nitrogen and oxygen atoms in total. The highest BCUT2D eigenvalue weighted by molar-refractivity contribution is 5.81. The van der Waals surface area contributed by atoms with E-state index >= 15 is 0 Å². The van der Waals surface area contributed by atoms with Gasteiger partial charge in [0.1, 0.15) is 5.82 Å². The Morgan fingerprint density at radius 1 is 1.39 bits per heavy atom. The number of nitrogens with zero attached hydrogens (tertiary/aromatic N) is 2. The highest BCUT2D eigenvalue weighted by atomic mass is 16.2. The Hall–Kier alpha value is -2.50. The lowest BCUT2D eigenvalue weighted by Gasteiger charge is -2.22. The summed E-state index contributed by atoms with van der Waals surface area (Å²) in [6.45, 7) is 4.01. The maximum Gasteiger partial charge on any atom is 0.251 e. The molecule has 2 aromatic rings. The van der Waals surface area contributed by atoms with E-state index in [1.54, 1.807) is 18.5 Å². The first-order chi connectivity index (χ1) is 11.0. The van der Waals surface area contributed by atoms with Crippen molar-refractivity contribution in [3.05, 3.63) is 46.6 Å². The molecule has 0 aromatic carbocycles. The fraction of sp³-hybridized carbons (Fsp3) is 0.412. The minimum Gasteiger partial charge on any atom is -0.347 e. The number of carbonyl (C=O) groups excluding carboxylic acids is 1. The molecule has 1 aliphatic rings. The van der Waals surface area contributed by atoms with Crippen molar-refractivity contribution in [2.24, 2.45) is 11.8 Å². The quantitative estimate of drug-likeness (QED) is 0.884. The van der Waals surface area contributed by atoms with Gasteiger partial charge in [0.2, 0.25) is 5.91 Å². The van der Waals surface area contributed by atoms with Gasteiger partial charge < -0.3 is 10.3 Å². The summed E-state index contributed by atoms with van der Waals surface area (Å²) >= 11 is 0. The Kier molecular flexibility index (Phi) is 4.23. The lowest BCUT2D eigenvalue weighted by molar-refractivity contribution is -0.123. The zero-order chi connectivity index (χ0) is 16.4. The van der Waals surface area contributed by atoms with Crippen LogP contribution >= 0.6 is 0 Å². The van der Waals surface area contributed by atoms with Crippen molar-refractivity contribution in [3.63, 3.8) is 0 Å². The smallest absolute Gasteiger partial charge is 0.251 e. The van der Waals surface area contributed by atoms with Gasteiger partial charge >= 0.3 is 0 Å². The Labute approximate surface area is 134 Å². The third-order valence-corrected chi connectivity index (χ3v) is 3.93. The zero-order valence-corrected chi connectivity index (χ0v) is 13.2. The van der Waals surface area contributed by atoms with Crippen LogP contribution in [0.1, 0.15) is 38.4 Å². The number of aromatic nitrogens is 3. The van der Waals surface area contributed by atoms with Crippen molar-refractivity contribution >= 4 is 5.91 Å². The van der Waals surface area contributed by atoms with Crippen LogP contribution in [-0.4, -0.2) is 20.9 Å². The van der Waals surface area contributed by atoms with E-state index in [1.165, 1.54) is 6.07 Å². The minimum atomic E-state index is -0.277. The summed E-state index contributed by atoms with van der Waals surface area (Å²) in [6, 6.07) is 4.80. The van der Waals surface area contributed by atoms with E-state index in [1.807, 2.05) is 19.9 Å². The molecule has 6 heteroatoms. The van der Waals surface area contributed by atoms with Gasteiger partial charge in [0.25, 0.3) is 5.56 Å². The van der Waals surface area contributed by atoms with Gasteiger partial charge in [0.05, 0.1) is 11.7 Å². The summed E-state index contributed by atoms with van der Waals surface area (Å²) < 4.78 is 0. The van der Waals surface area contributed by atoms with E-state index in [4.69, 9.17) is 0 Å². The summed E-state index contributed by atoms with van der Waals surface area (Å²) in [5.74, 6) is 0.769. The molecule has 0 aliphatic heterocycles. The minimum absolute atomic E-state index is 0.0497. The van der Waals surface area contributed by atoms with E-state index < -0.39 is 0 Å². The van der Waals surface area contributed by atoms with Gasteiger partial charge in [-0.05, 0) is 30.9 Å². The molecule has 0 saturated heterocycles. The number of H-pyrrole nitrogens is 1. The predicted octanol–water partition coefficient (Wildman–Crippen LogP) is 2.06. The molecular formula is C17H20N4O2. The molecule has 3 rings (SSSR count). The summed E-state index contributed by atoms with van der Waals surface area (Å²) in [4.78, 5) is 35.4. The second-order valence-electron chi connectivity index (χ2n) is 6.27. The molecule has 1 fully saturated rings. The zero-order valence-electron chi connectivity index (χ0n) is 13.2. The van der Waals surface area contributed by atoms with E-state index in [0.29, 0.717) is 11.5 Å². The van der Waals surface area contributed by atoms with Crippen LogP contribution in [0.5, 0.6) is 0 Å². The van der Waals surface area contributed by atoms with Gasteiger partial charge in [-0.25, -0.2) is 4.98 Å². The van der Waals surface area contributed by atoms with Gasteiger partial charge in [-0.3, -0.25) is 14.6 Å². The number of hydrogen-bond donors (Lipinski definition) is 2. The topological polar surface area (TPSA) is 87.7 Å². The number of aromatic amines is 1. The van der Waals surface area contributed by atoms with E-state index in [9.17, 15) is 9.59 Å². The molecule has 0 spiro atoms. The molecule has 0 bridgehead atoms. The Bertz CT molecular complexity index is 751. The Balaban J connectivity index is 1.94. The molecule has 23 heavy (non-hydrogen) atoms. The van der Waals surface area contributed by atoms with Gasteiger partial charge in [-0.2, -0.15) is 0 Å².